The molecule has 0 radical (unpaired) electrons. The maximum absolute atomic E-state index is 12.8. The molecule has 1 fully saturated rings. The zero-order chi connectivity index (χ0) is 20.4. The minimum Gasteiger partial charge on any atom is -0.497 e. The third-order valence-corrected chi connectivity index (χ3v) is 6.66. The van der Waals surface area contributed by atoms with Gasteiger partial charge in [-0.1, -0.05) is 0 Å². The van der Waals surface area contributed by atoms with E-state index in [1.165, 1.54) is 0 Å². The van der Waals surface area contributed by atoms with E-state index < -0.39 is 16.0 Å². The van der Waals surface area contributed by atoms with Gasteiger partial charge in [0.2, 0.25) is 0 Å². The number of pyridine rings is 1. The number of aliphatic hydroxyl groups excluding tert-OH is 1. The van der Waals surface area contributed by atoms with Gasteiger partial charge in [0, 0.05) is 23.7 Å². The monoisotopic (exact) mass is 413 g/mol. The van der Waals surface area contributed by atoms with Crippen molar-refractivity contribution in [2.45, 2.75) is 36.3 Å². The Morgan fingerprint density at radius 1 is 1.14 bits per heavy atom. The average Bonchev–Trinajstić information content (AvgIpc) is 3.12. The zero-order valence-corrected chi connectivity index (χ0v) is 16.8. The summed E-state index contributed by atoms with van der Waals surface area (Å²) in [5.41, 5.74) is 0.756. The standard InChI is InChI=1S/C21H23N3O4S/c1-27-15-7-10-17-19(13-15)23-12-11-21(17)28-14-5-8-16(9-6-14)29(22,26)24-18-3-2-4-20(18)25/h5-13,18,20,25H,2-4H2,1H3,(H2,22,24,26). The molecule has 0 spiro atoms. The van der Waals surface area contributed by atoms with Crippen LogP contribution in [-0.2, 0) is 9.92 Å². The molecule has 3 unspecified atom stereocenters. The number of fused-ring (bicyclic) bond motifs is 1. The summed E-state index contributed by atoms with van der Waals surface area (Å²) in [6.07, 6.45) is 3.37. The molecule has 29 heavy (non-hydrogen) atoms. The van der Waals surface area contributed by atoms with Crippen molar-refractivity contribution < 1.29 is 18.8 Å². The van der Waals surface area contributed by atoms with Gasteiger partial charge in [0.15, 0.2) is 0 Å². The van der Waals surface area contributed by atoms with Gasteiger partial charge in [-0.15, -0.1) is 0 Å². The Bertz CT molecular complexity index is 1120. The van der Waals surface area contributed by atoms with Gasteiger partial charge in [-0.25, -0.2) is 13.7 Å². The van der Waals surface area contributed by atoms with Gasteiger partial charge in [-0.2, -0.15) is 0 Å². The lowest BCUT2D eigenvalue weighted by Gasteiger charge is -2.18. The van der Waals surface area contributed by atoms with Crippen LogP contribution >= 0.6 is 0 Å². The number of aromatic nitrogens is 1. The Hall–Kier alpha value is -2.68. The van der Waals surface area contributed by atoms with Crippen molar-refractivity contribution in [3.63, 3.8) is 0 Å². The number of nitrogens with one attached hydrogen (secondary N) is 2. The first-order chi connectivity index (χ1) is 14.0. The van der Waals surface area contributed by atoms with Gasteiger partial charge in [0.05, 0.1) is 23.6 Å². The van der Waals surface area contributed by atoms with Crippen LogP contribution in [0.4, 0.5) is 0 Å². The van der Waals surface area contributed by atoms with Crippen LogP contribution in [0.15, 0.2) is 59.6 Å². The summed E-state index contributed by atoms with van der Waals surface area (Å²) in [7, 11) is -1.59. The largest absolute Gasteiger partial charge is 0.497 e. The molecule has 3 aromatic rings. The number of ether oxygens (including phenoxy) is 2. The minimum atomic E-state index is -3.20. The lowest BCUT2D eigenvalue weighted by molar-refractivity contribution is 0.159. The summed E-state index contributed by atoms with van der Waals surface area (Å²) in [5, 5.41) is 10.8. The molecule has 0 aliphatic heterocycles. The first-order valence-electron chi connectivity index (χ1n) is 9.41. The van der Waals surface area contributed by atoms with Gasteiger partial charge in [-0.05, 0) is 61.7 Å². The fourth-order valence-electron chi connectivity index (χ4n) is 3.50. The maximum Gasteiger partial charge on any atom is 0.138 e. The smallest absolute Gasteiger partial charge is 0.138 e. The van der Waals surface area contributed by atoms with Gasteiger partial charge >= 0.3 is 0 Å². The van der Waals surface area contributed by atoms with Gasteiger partial charge in [0.25, 0.3) is 0 Å². The molecule has 7 nitrogen and oxygen atoms in total. The maximum atomic E-state index is 12.8. The Labute approximate surface area is 169 Å². The SMILES string of the molecule is COc1ccc2c(Oc3ccc(S(=N)(=O)NC4CCCC4O)cc3)ccnc2c1. The Morgan fingerprint density at radius 3 is 2.59 bits per heavy atom. The molecule has 2 aromatic carbocycles. The third kappa shape index (κ3) is 4.19. The molecule has 1 aliphatic rings. The molecule has 0 amide bonds. The van der Waals surface area contributed by atoms with Crippen molar-refractivity contribution in [1.29, 1.82) is 4.78 Å². The normalized spacial score (nSPS) is 21.0. The lowest BCUT2D eigenvalue weighted by atomic mass is 10.2. The Balaban J connectivity index is 1.53. The van der Waals surface area contributed by atoms with E-state index in [1.54, 1.807) is 43.6 Å². The van der Waals surface area contributed by atoms with Gasteiger partial charge < -0.3 is 14.6 Å². The van der Waals surface area contributed by atoms with Crippen LogP contribution < -0.4 is 14.2 Å². The summed E-state index contributed by atoms with van der Waals surface area (Å²) in [6.45, 7) is 0. The van der Waals surface area contributed by atoms with Crippen molar-refractivity contribution in [1.82, 2.24) is 9.71 Å². The van der Waals surface area contributed by atoms with Crippen LogP contribution in [0, 0.1) is 4.78 Å². The van der Waals surface area contributed by atoms with Crippen molar-refractivity contribution in [2.75, 3.05) is 7.11 Å². The van der Waals surface area contributed by atoms with Crippen LogP contribution in [0.3, 0.4) is 0 Å². The lowest BCUT2D eigenvalue weighted by Crippen LogP contribution is -2.39. The van der Waals surface area contributed by atoms with E-state index in [0.717, 1.165) is 29.5 Å². The summed E-state index contributed by atoms with van der Waals surface area (Å²) in [6, 6.07) is 13.6. The predicted octanol–water partition coefficient (Wildman–Crippen LogP) is 3.86. The number of hydrogen-bond acceptors (Lipinski definition) is 6. The summed E-state index contributed by atoms with van der Waals surface area (Å²) in [4.78, 5) is 4.70. The number of methoxy groups -OCH3 is 1. The third-order valence-electron chi connectivity index (χ3n) is 5.09. The number of hydrogen-bond donors (Lipinski definition) is 3. The molecule has 3 atom stereocenters. The topological polar surface area (TPSA) is 105 Å². The van der Waals surface area contributed by atoms with E-state index in [1.807, 2.05) is 18.2 Å². The van der Waals surface area contributed by atoms with E-state index in [9.17, 15) is 9.32 Å². The molecular formula is C21H23N3O4S. The second-order valence-electron chi connectivity index (χ2n) is 7.04. The number of rotatable bonds is 6. The number of benzene rings is 2. The molecular weight excluding hydrogens is 390 g/mol. The highest BCUT2D eigenvalue weighted by atomic mass is 32.2. The quantitative estimate of drug-likeness (QED) is 0.569. The Kier molecular flexibility index (Phi) is 5.40. The first kappa shape index (κ1) is 19.6. The summed E-state index contributed by atoms with van der Waals surface area (Å²) < 4.78 is 35.0. The van der Waals surface area contributed by atoms with Crippen LogP contribution in [0.25, 0.3) is 10.9 Å². The van der Waals surface area contributed by atoms with Crippen LogP contribution in [0.5, 0.6) is 17.2 Å². The molecule has 1 aliphatic carbocycles. The molecule has 4 rings (SSSR count). The highest BCUT2D eigenvalue weighted by Gasteiger charge is 2.28. The number of nitrogens with zero attached hydrogens (tertiary/aromatic N) is 1. The van der Waals surface area contributed by atoms with E-state index in [4.69, 9.17) is 14.3 Å². The van der Waals surface area contributed by atoms with Crippen LogP contribution in [0.2, 0.25) is 0 Å². The van der Waals surface area contributed by atoms with Crippen molar-refractivity contribution in [2.24, 2.45) is 0 Å². The molecule has 1 saturated carbocycles. The van der Waals surface area contributed by atoms with E-state index in [0.29, 0.717) is 22.8 Å². The van der Waals surface area contributed by atoms with Gasteiger partial charge in [0.1, 0.15) is 27.2 Å². The van der Waals surface area contributed by atoms with Crippen molar-refractivity contribution in [3.05, 3.63) is 54.7 Å². The van der Waals surface area contributed by atoms with Gasteiger partial charge in [-0.3, -0.25) is 4.98 Å². The highest BCUT2D eigenvalue weighted by molar-refractivity contribution is 7.90. The first-order valence-corrected chi connectivity index (χ1v) is 11.0. The summed E-state index contributed by atoms with van der Waals surface area (Å²) in [5.74, 6) is 1.92. The van der Waals surface area contributed by atoms with Crippen LogP contribution in [0.1, 0.15) is 19.3 Å². The molecule has 0 bridgehead atoms. The average molecular weight is 413 g/mol. The van der Waals surface area contributed by atoms with E-state index in [2.05, 4.69) is 9.71 Å². The van der Waals surface area contributed by atoms with Crippen LogP contribution in [-0.4, -0.2) is 33.6 Å². The second-order valence-corrected chi connectivity index (χ2v) is 8.86. The van der Waals surface area contributed by atoms with Crippen molar-refractivity contribution >= 4 is 20.8 Å². The minimum absolute atomic E-state index is 0.309. The fourth-order valence-corrected chi connectivity index (χ4v) is 4.86. The second kappa shape index (κ2) is 7.98. The molecule has 1 heterocycles. The summed E-state index contributed by atoms with van der Waals surface area (Å²) >= 11 is 0. The number of aliphatic hydroxyl groups is 1. The van der Waals surface area contributed by atoms with E-state index >= 15 is 0 Å². The molecule has 3 N–H and O–H groups in total. The van der Waals surface area contributed by atoms with Crippen molar-refractivity contribution in [3.8, 4) is 17.2 Å². The van der Waals surface area contributed by atoms with E-state index in [-0.39, 0.29) is 6.04 Å². The molecule has 1 aromatic heterocycles. The molecule has 0 saturated heterocycles. The molecule has 8 heteroatoms. The molecule has 152 valence electrons. The Morgan fingerprint density at radius 2 is 1.90 bits per heavy atom. The highest BCUT2D eigenvalue weighted by Crippen LogP contribution is 2.31. The predicted molar refractivity (Wildman–Crippen MR) is 111 cm³/mol. The zero-order valence-electron chi connectivity index (χ0n) is 16.0. The fraction of sp³-hybridized carbons (Fsp3) is 0.286.